The summed E-state index contributed by atoms with van der Waals surface area (Å²) in [6.45, 7) is 4.99. The van der Waals surface area contributed by atoms with Gasteiger partial charge in [0.1, 0.15) is 18.0 Å². The monoisotopic (exact) mass is 244 g/mol. The van der Waals surface area contributed by atoms with Crippen LogP contribution >= 0.6 is 0 Å². The number of aryl methyl sites for hydroxylation is 1. The summed E-state index contributed by atoms with van der Waals surface area (Å²) in [5.41, 5.74) is 1.02. The van der Waals surface area contributed by atoms with E-state index in [1.807, 2.05) is 6.92 Å². The molecule has 6 heteroatoms. The molecule has 2 aromatic rings. The van der Waals surface area contributed by atoms with Gasteiger partial charge < -0.3 is 10.6 Å². The Bertz CT molecular complexity index is 499. The van der Waals surface area contributed by atoms with E-state index in [2.05, 4.69) is 37.5 Å². The second-order valence-corrected chi connectivity index (χ2v) is 3.87. The SMILES string of the molecule is CCCNc1nc(Nc2ccncn2)ncc1C. The summed E-state index contributed by atoms with van der Waals surface area (Å²) in [6.07, 6.45) is 5.99. The van der Waals surface area contributed by atoms with Gasteiger partial charge in [0, 0.05) is 24.5 Å². The quantitative estimate of drug-likeness (QED) is 0.839. The van der Waals surface area contributed by atoms with E-state index < -0.39 is 0 Å². The Morgan fingerprint density at radius 1 is 1.28 bits per heavy atom. The highest BCUT2D eigenvalue weighted by molar-refractivity contribution is 5.52. The van der Waals surface area contributed by atoms with Crippen LogP contribution in [0.4, 0.5) is 17.6 Å². The fourth-order valence-corrected chi connectivity index (χ4v) is 1.40. The Morgan fingerprint density at radius 2 is 2.17 bits per heavy atom. The van der Waals surface area contributed by atoms with Gasteiger partial charge in [-0.3, -0.25) is 0 Å². The van der Waals surface area contributed by atoms with Crippen molar-refractivity contribution >= 4 is 17.6 Å². The first-order valence-electron chi connectivity index (χ1n) is 5.90. The van der Waals surface area contributed by atoms with Crippen LogP contribution in [-0.4, -0.2) is 26.5 Å². The van der Waals surface area contributed by atoms with Gasteiger partial charge in [0.15, 0.2) is 0 Å². The molecule has 2 aromatic heterocycles. The van der Waals surface area contributed by atoms with E-state index in [1.54, 1.807) is 18.5 Å². The minimum absolute atomic E-state index is 0.526. The van der Waals surface area contributed by atoms with Crippen LogP contribution < -0.4 is 10.6 Å². The number of rotatable bonds is 5. The van der Waals surface area contributed by atoms with Crippen LogP contribution in [0.5, 0.6) is 0 Å². The van der Waals surface area contributed by atoms with Crippen molar-refractivity contribution in [2.75, 3.05) is 17.2 Å². The lowest BCUT2D eigenvalue weighted by molar-refractivity contribution is 0.960. The molecule has 0 aliphatic rings. The van der Waals surface area contributed by atoms with Crippen LogP contribution in [0.25, 0.3) is 0 Å². The molecular formula is C12H16N6. The molecule has 2 rings (SSSR count). The normalized spacial score (nSPS) is 10.1. The Kier molecular flexibility index (Phi) is 4.01. The van der Waals surface area contributed by atoms with E-state index >= 15 is 0 Å². The van der Waals surface area contributed by atoms with Gasteiger partial charge in [0.25, 0.3) is 0 Å². The maximum Gasteiger partial charge on any atom is 0.230 e. The molecular weight excluding hydrogens is 228 g/mol. The van der Waals surface area contributed by atoms with Crippen molar-refractivity contribution in [3.63, 3.8) is 0 Å². The van der Waals surface area contributed by atoms with Crippen LogP contribution in [0, 0.1) is 6.92 Å². The molecule has 0 fully saturated rings. The van der Waals surface area contributed by atoms with Crippen LogP contribution in [0.2, 0.25) is 0 Å². The third kappa shape index (κ3) is 3.13. The fraction of sp³-hybridized carbons (Fsp3) is 0.333. The zero-order valence-corrected chi connectivity index (χ0v) is 10.5. The number of hydrogen-bond acceptors (Lipinski definition) is 6. The van der Waals surface area contributed by atoms with Crippen LogP contribution in [0.15, 0.2) is 24.8 Å². The van der Waals surface area contributed by atoms with Crippen molar-refractivity contribution in [3.8, 4) is 0 Å². The Hall–Kier alpha value is -2.24. The zero-order valence-electron chi connectivity index (χ0n) is 10.5. The van der Waals surface area contributed by atoms with Gasteiger partial charge in [0.2, 0.25) is 5.95 Å². The maximum atomic E-state index is 4.41. The predicted molar refractivity (Wildman–Crippen MR) is 70.9 cm³/mol. The molecule has 6 nitrogen and oxygen atoms in total. The van der Waals surface area contributed by atoms with E-state index in [0.717, 1.165) is 24.3 Å². The average molecular weight is 244 g/mol. The van der Waals surface area contributed by atoms with Gasteiger partial charge in [-0.1, -0.05) is 6.92 Å². The second kappa shape index (κ2) is 5.90. The summed E-state index contributed by atoms with van der Waals surface area (Å²) >= 11 is 0. The van der Waals surface area contributed by atoms with Crippen molar-refractivity contribution in [3.05, 3.63) is 30.4 Å². The minimum atomic E-state index is 0.526. The highest BCUT2D eigenvalue weighted by atomic mass is 15.2. The summed E-state index contributed by atoms with van der Waals surface area (Å²) in [5.74, 6) is 2.05. The molecule has 0 spiro atoms. The van der Waals surface area contributed by atoms with E-state index in [1.165, 1.54) is 6.33 Å². The summed E-state index contributed by atoms with van der Waals surface area (Å²) in [5, 5.41) is 6.30. The zero-order chi connectivity index (χ0) is 12.8. The number of hydrogen-bond donors (Lipinski definition) is 2. The molecule has 0 amide bonds. The molecule has 0 saturated heterocycles. The molecule has 0 saturated carbocycles. The Labute approximate surface area is 106 Å². The fourth-order valence-electron chi connectivity index (χ4n) is 1.40. The minimum Gasteiger partial charge on any atom is -0.370 e. The molecule has 0 aliphatic heterocycles. The van der Waals surface area contributed by atoms with E-state index in [9.17, 15) is 0 Å². The number of nitrogens with zero attached hydrogens (tertiary/aromatic N) is 4. The molecule has 0 radical (unpaired) electrons. The van der Waals surface area contributed by atoms with Gasteiger partial charge in [0.05, 0.1) is 0 Å². The summed E-state index contributed by atoms with van der Waals surface area (Å²) in [7, 11) is 0. The lowest BCUT2D eigenvalue weighted by Gasteiger charge is -2.09. The third-order valence-corrected chi connectivity index (χ3v) is 2.34. The summed E-state index contributed by atoms with van der Waals surface area (Å²) < 4.78 is 0. The van der Waals surface area contributed by atoms with Crippen LogP contribution in [-0.2, 0) is 0 Å². The standard InChI is InChI=1S/C12H16N6/c1-3-5-14-11-9(2)7-15-12(18-11)17-10-4-6-13-8-16-10/h4,6-8H,3,5H2,1-2H3,(H2,13,14,15,16,17,18). The van der Waals surface area contributed by atoms with Crippen molar-refractivity contribution < 1.29 is 0 Å². The molecule has 18 heavy (non-hydrogen) atoms. The molecule has 0 aromatic carbocycles. The maximum absolute atomic E-state index is 4.41. The predicted octanol–water partition coefficient (Wildman–Crippen LogP) is 2.14. The van der Waals surface area contributed by atoms with Crippen LogP contribution in [0.3, 0.4) is 0 Å². The van der Waals surface area contributed by atoms with Crippen molar-refractivity contribution in [2.45, 2.75) is 20.3 Å². The first kappa shape index (κ1) is 12.2. The molecule has 2 N–H and O–H groups in total. The van der Waals surface area contributed by atoms with Crippen LogP contribution in [0.1, 0.15) is 18.9 Å². The van der Waals surface area contributed by atoms with Crippen molar-refractivity contribution in [1.82, 2.24) is 19.9 Å². The van der Waals surface area contributed by atoms with Crippen molar-refractivity contribution in [2.24, 2.45) is 0 Å². The Morgan fingerprint density at radius 3 is 2.89 bits per heavy atom. The molecule has 0 aliphatic carbocycles. The first-order chi connectivity index (χ1) is 8.79. The highest BCUT2D eigenvalue weighted by Gasteiger charge is 2.03. The van der Waals surface area contributed by atoms with Crippen molar-refractivity contribution in [1.29, 1.82) is 0 Å². The number of anilines is 3. The largest absolute Gasteiger partial charge is 0.370 e. The molecule has 94 valence electrons. The molecule has 0 atom stereocenters. The smallest absolute Gasteiger partial charge is 0.230 e. The first-order valence-corrected chi connectivity index (χ1v) is 5.90. The van der Waals surface area contributed by atoms with Gasteiger partial charge >= 0.3 is 0 Å². The number of aromatic nitrogens is 4. The van der Waals surface area contributed by atoms with E-state index in [-0.39, 0.29) is 0 Å². The van der Waals surface area contributed by atoms with E-state index in [0.29, 0.717) is 11.8 Å². The highest BCUT2D eigenvalue weighted by Crippen LogP contribution is 2.14. The molecule has 2 heterocycles. The lowest BCUT2D eigenvalue weighted by Crippen LogP contribution is -2.07. The summed E-state index contributed by atoms with van der Waals surface area (Å²) in [4.78, 5) is 16.6. The van der Waals surface area contributed by atoms with Gasteiger partial charge in [-0.15, -0.1) is 0 Å². The third-order valence-electron chi connectivity index (χ3n) is 2.34. The number of nitrogens with one attached hydrogen (secondary N) is 2. The topological polar surface area (TPSA) is 75.6 Å². The second-order valence-electron chi connectivity index (χ2n) is 3.87. The van der Waals surface area contributed by atoms with E-state index in [4.69, 9.17) is 0 Å². The Balaban J connectivity index is 2.14. The lowest BCUT2D eigenvalue weighted by atomic mass is 10.3. The molecule has 0 bridgehead atoms. The van der Waals surface area contributed by atoms with Gasteiger partial charge in [-0.25, -0.2) is 15.0 Å². The van der Waals surface area contributed by atoms with Gasteiger partial charge in [-0.05, 0) is 19.4 Å². The summed E-state index contributed by atoms with van der Waals surface area (Å²) in [6, 6.07) is 1.77. The molecule has 0 unspecified atom stereocenters. The average Bonchev–Trinajstić information content (AvgIpc) is 2.40. The van der Waals surface area contributed by atoms with Gasteiger partial charge in [-0.2, -0.15) is 4.98 Å².